The quantitative estimate of drug-likeness (QED) is 0.752. The van der Waals surface area contributed by atoms with Crippen LogP contribution in [-0.4, -0.2) is 26.9 Å². The standard InChI is InChI=1S/C22H17FN2O3/c23-16-9-7-14(8-10-16)13-25-20(15-4-3-11-24-12-15)19(22(27)28)17-5-1-2-6-18(17)21(25)26/h1-12,19-20H,13H2,(H,27,28)/t19-,20-/m1/s1. The second-order valence-corrected chi connectivity index (χ2v) is 6.69. The van der Waals surface area contributed by atoms with Crippen LogP contribution in [0.15, 0.2) is 73.1 Å². The molecule has 5 nitrogen and oxygen atoms in total. The summed E-state index contributed by atoms with van der Waals surface area (Å²) in [5.74, 6) is -2.57. The molecule has 3 aromatic rings. The molecule has 2 heterocycles. The van der Waals surface area contributed by atoms with E-state index in [-0.39, 0.29) is 18.3 Å². The van der Waals surface area contributed by atoms with E-state index >= 15 is 0 Å². The van der Waals surface area contributed by atoms with Gasteiger partial charge < -0.3 is 10.0 Å². The van der Waals surface area contributed by atoms with Gasteiger partial charge in [0.1, 0.15) is 11.7 Å². The van der Waals surface area contributed by atoms with Crippen LogP contribution in [0.4, 0.5) is 4.39 Å². The van der Waals surface area contributed by atoms with Crippen LogP contribution in [0.3, 0.4) is 0 Å². The molecule has 6 heteroatoms. The maximum Gasteiger partial charge on any atom is 0.313 e. The van der Waals surface area contributed by atoms with Crippen molar-refractivity contribution in [2.75, 3.05) is 0 Å². The highest BCUT2D eigenvalue weighted by molar-refractivity contribution is 6.00. The third kappa shape index (κ3) is 3.13. The van der Waals surface area contributed by atoms with Crippen LogP contribution in [-0.2, 0) is 11.3 Å². The minimum atomic E-state index is -1.02. The van der Waals surface area contributed by atoms with Gasteiger partial charge in [0.05, 0.1) is 6.04 Å². The molecule has 4 rings (SSSR count). The zero-order valence-corrected chi connectivity index (χ0v) is 14.8. The van der Waals surface area contributed by atoms with Gasteiger partial charge in [-0.25, -0.2) is 4.39 Å². The van der Waals surface area contributed by atoms with E-state index in [0.717, 1.165) is 0 Å². The first-order valence-corrected chi connectivity index (χ1v) is 8.83. The van der Waals surface area contributed by atoms with Crippen molar-refractivity contribution in [3.8, 4) is 0 Å². The van der Waals surface area contributed by atoms with Crippen molar-refractivity contribution >= 4 is 11.9 Å². The number of hydrogen-bond acceptors (Lipinski definition) is 3. The van der Waals surface area contributed by atoms with Crippen LogP contribution in [0.1, 0.15) is 39.0 Å². The number of benzene rings is 2. The molecule has 0 aliphatic carbocycles. The van der Waals surface area contributed by atoms with Gasteiger partial charge in [0, 0.05) is 24.5 Å². The molecule has 140 valence electrons. The summed E-state index contributed by atoms with van der Waals surface area (Å²) in [5, 5.41) is 10.0. The van der Waals surface area contributed by atoms with Gasteiger partial charge in [0.15, 0.2) is 0 Å². The average molecular weight is 376 g/mol. The van der Waals surface area contributed by atoms with E-state index in [0.29, 0.717) is 22.3 Å². The Labute approximate surface area is 161 Å². The first-order valence-electron chi connectivity index (χ1n) is 8.83. The minimum Gasteiger partial charge on any atom is -0.481 e. The topological polar surface area (TPSA) is 70.5 Å². The summed E-state index contributed by atoms with van der Waals surface area (Å²) in [7, 11) is 0. The Kier molecular flexibility index (Phi) is 4.61. The van der Waals surface area contributed by atoms with Crippen molar-refractivity contribution in [1.82, 2.24) is 9.88 Å². The Hall–Kier alpha value is -3.54. The molecule has 1 aliphatic rings. The number of carboxylic acids is 1. The van der Waals surface area contributed by atoms with Gasteiger partial charge in [-0.15, -0.1) is 0 Å². The van der Waals surface area contributed by atoms with E-state index < -0.39 is 17.9 Å². The summed E-state index contributed by atoms with van der Waals surface area (Å²) in [5.41, 5.74) is 2.22. The Bertz CT molecular complexity index is 1020. The third-order valence-electron chi connectivity index (χ3n) is 5.00. The van der Waals surface area contributed by atoms with Crippen molar-refractivity contribution in [3.63, 3.8) is 0 Å². The molecule has 0 saturated heterocycles. The maximum atomic E-state index is 13.3. The fourth-order valence-electron chi connectivity index (χ4n) is 3.74. The monoisotopic (exact) mass is 376 g/mol. The van der Waals surface area contributed by atoms with E-state index in [4.69, 9.17) is 0 Å². The number of carboxylic acid groups (broad SMARTS) is 1. The second kappa shape index (κ2) is 7.23. The maximum absolute atomic E-state index is 13.3. The number of aliphatic carboxylic acids is 1. The SMILES string of the molecule is O=C(O)[C@@H]1c2ccccc2C(=O)N(Cc2ccc(F)cc2)[C@@H]1c1cccnc1. The summed E-state index contributed by atoms with van der Waals surface area (Å²) >= 11 is 0. The van der Waals surface area contributed by atoms with E-state index in [1.165, 1.54) is 17.0 Å². The number of nitrogens with zero attached hydrogens (tertiary/aromatic N) is 2. The Morgan fingerprint density at radius 2 is 1.82 bits per heavy atom. The summed E-state index contributed by atoms with van der Waals surface area (Å²) in [6, 6.07) is 15.4. The first kappa shape index (κ1) is 17.9. The summed E-state index contributed by atoms with van der Waals surface area (Å²) in [6.45, 7) is 0.163. The zero-order valence-electron chi connectivity index (χ0n) is 14.8. The van der Waals surface area contributed by atoms with E-state index in [1.54, 1.807) is 60.9 Å². The van der Waals surface area contributed by atoms with Crippen LogP contribution < -0.4 is 0 Å². The molecule has 1 aliphatic heterocycles. The third-order valence-corrected chi connectivity index (χ3v) is 5.00. The molecule has 0 saturated carbocycles. The fraction of sp³-hybridized carbons (Fsp3) is 0.136. The number of fused-ring (bicyclic) bond motifs is 1. The normalized spacial score (nSPS) is 18.6. The second-order valence-electron chi connectivity index (χ2n) is 6.69. The first-order chi connectivity index (χ1) is 13.6. The van der Waals surface area contributed by atoms with Crippen LogP contribution in [0.5, 0.6) is 0 Å². The van der Waals surface area contributed by atoms with Gasteiger partial charge in [-0.05, 0) is 41.0 Å². The highest BCUT2D eigenvalue weighted by Crippen LogP contribution is 2.43. The predicted molar refractivity (Wildman–Crippen MR) is 100 cm³/mol. The molecule has 2 aromatic carbocycles. The van der Waals surface area contributed by atoms with Crippen molar-refractivity contribution in [1.29, 1.82) is 0 Å². The van der Waals surface area contributed by atoms with E-state index in [1.807, 2.05) is 0 Å². The average Bonchev–Trinajstić information content (AvgIpc) is 2.71. The lowest BCUT2D eigenvalue weighted by Crippen LogP contribution is -2.44. The molecule has 2 atom stereocenters. The van der Waals surface area contributed by atoms with Crippen molar-refractivity contribution < 1.29 is 19.1 Å². The molecular weight excluding hydrogens is 359 g/mol. The smallest absolute Gasteiger partial charge is 0.313 e. The minimum absolute atomic E-state index is 0.163. The lowest BCUT2D eigenvalue weighted by Gasteiger charge is -2.40. The van der Waals surface area contributed by atoms with Crippen molar-refractivity contribution in [3.05, 3.63) is 101 Å². The molecule has 0 spiro atoms. The zero-order chi connectivity index (χ0) is 19.7. The number of pyridine rings is 1. The highest BCUT2D eigenvalue weighted by atomic mass is 19.1. The van der Waals surface area contributed by atoms with Crippen LogP contribution in [0.25, 0.3) is 0 Å². The van der Waals surface area contributed by atoms with Crippen LogP contribution in [0.2, 0.25) is 0 Å². The van der Waals surface area contributed by atoms with Gasteiger partial charge in [0.2, 0.25) is 0 Å². The largest absolute Gasteiger partial charge is 0.481 e. The van der Waals surface area contributed by atoms with Gasteiger partial charge in [0.25, 0.3) is 5.91 Å². The van der Waals surface area contributed by atoms with E-state index in [9.17, 15) is 19.1 Å². The van der Waals surface area contributed by atoms with Crippen LogP contribution in [0, 0.1) is 5.82 Å². The molecule has 1 aromatic heterocycles. The molecule has 1 amide bonds. The number of carbonyl (C=O) groups excluding carboxylic acids is 1. The molecule has 28 heavy (non-hydrogen) atoms. The lowest BCUT2D eigenvalue weighted by atomic mass is 9.80. The van der Waals surface area contributed by atoms with E-state index in [2.05, 4.69) is 4.98 Å². The Morgan fingerprint density at radius 3 is 2.50 bits per heavy atom. The van der Waals surface area contributed by atoms with Crippen LogP contribution >= 0.6 is 0 Å². The number of aromatic nitrogens is 1. The molecule has 0 radical (unpaired) electrons. The number of hydrogen-bond donors (Lipinski definition) is 1. The lowest BCUT2D eigenvalue weighted by molar-refractivity contribution is -0.140. The Balaban J connectivity index is 1.86. The van der Waals surface area contributed by atoms with Gasteiger partial charge in [-0.2, -0.15) is 0 Å². The molecule has 0 unspecified atom stereocenters. The fourth-order valence-corrected chi connectivity index (χ4v) is 3.74. The van der Waals surface area contributed by atoms with Gasteiger partial charge in [-0.1, -0.05) is 36.4 Å². The van der Waals surface area contributed by atoms with Gasteiger partial charge >= 0.3 is 5.97 Å². The summed E-state index contributed by atoms with van der Waals surface area (Å²) in [6.07, 6.45) is 3.18. The molecule has 0 bridgehead atoms. The highest BCUT2D eigenvalue weighted by Gasteiger charge is 2.44. The Morgan fingerprint density at radius 1 is 1.07 bits per heavy atom. The number of carbonyl (C=O) groups is 2. The summed E-state index contributed by atoms with van der Waals surface area (Å²) in [4.78, 5) is 31.2. The predicted octanol–water partition coefficient (Wildman–Crippen LogP) is 3.79. The number of rotatable bonds is 4. The molecule has 1 N–H and O–H groups in total. The number of amides is 1. The van der Waals surface area contributed by atoms with Gasteiger partial charge in [-0.3, -0.25) is 14.6 Å². The van der Waals surface area contributed by atoms with Crippen molar-refractivity contribution in [2.45, 2.75) is 18.5 Å². The number of halogens is 1. The molecular formula is C22H17FN2O3. The van der Waals surface area contributed by atoms with Crippen molar-refractivity contribution in [2.24, 2.45) is 0 Å². The summed E-state index contributed by atoms with van der Waals surface area (Å²) < 4.78 is 13.3. The molecule has 0 fully saturated rings.